The lowest BCUT2D eigenvalue weighted by molar-refractivity contribution is -0.145. The van der Waals surface area contributed by atoms with E-state index in [0.29, 0.717) is 0 Å². The maximum absolute atomic E-state index is 13.9. The number of rotatable bonds is 4. The van der Waals surface area contributed by atoms with Crippen molar-refractivity contribution >= 4 is 23.5 Å². The van der Waals surface area contributed by atoms with Crippen LogP contribution in [-0.4, -0.2) is 30.9 Å². The van der Waals surface area contributed by atoms with Gasteiger partial charge >= 0.3 is 5.97 Å². The Morgan fingerprint density at radius 1 is 0.879 bits per heavy atom. The fourth-order valence-electron chi connectivity index (χ4n) is 5.18. The second-order valence-electron chi connectivity index (χ2n) is 8.18. The molecule has 6 nitrogen and oxygen atoms in total. The predicted molar refractivity (Wildman–Crippen MR) is 118 cm³/mol. The number of nitrogens with one attached hydrogen (secondary N) is 1. The molecular formula is C26H21FN2O4. The van der Waals surface area contributed by atoms with E-state index in [1.165, 1.54) is 31.4 Å². The molecule has 2 fully saturated rings. The predicted octanol–water partition coefficient (Wildman–Crippen LogP) is 3.02. The number of nitrogens with zero attached hydrogens (tertiary/aromatic N) is 1. The van der Waals surface area contributed by atoms with E-state index in [-0.39, 0.29) is 5.69 Å². The fraction of sp³-hybridized carbons (Fsp3) is 0.192. The maximum Gasteiger partial charge on any atom is 0.323 e. The lowest BCUT2D eigenvalue weighted by Crippen LogP contribution is -2.51. The van der Waals surface area contributed by atoms with Crippen LogP contribution in [-0.2, 0) is 24.7 Å². The number of carbonyl (C=O) groups is 3. The van der Waals surface area contributed by atoms with E-state index in [1.54, 1.807) is 0 Å². The van der Waals surface area contributed by atoms with Crippen molar-refractivity contribution in [3.8, 4) is 0 Å². The average Bonchev–Trinajstić information content (AvgIpc) is 3.35. The van der Waals surface area contributed by atoms with Crippen LogP contribution >= 0.6 is 0 Å². The third kappa shape index (κ3) is 3.08. The Labute approximate surface area is 190 Å². The van der Waals surface area contributed by atoms with Gasteiger partial charge in [-0.25, -0.2) is 9.29 Å². The number of anilines is 1. The molecule has 0 aromatic heterocycles. The number of methoxy groups -OCH3 is 1. The lowest BCUT2D eigenvalue weighted by Gasteiger charge is -2.36. The SMILES string of the molecule is COC(=O)[C@H]1NC(c2ccccc2)(c2ccccc2)[C@@H]2C(=O)N(c3ccc(F)cc3)C(=O)[C@H]12. The van der Waals surface area contributed by atoms with Crippen molar-refractivity contribution in [3.63, 3.8) is 0 Å². The van der Waals surface area contributed by atoms with Gasteiger partial charge in [-0.2, -0.15) is 0 Å². The molecule has 0 spiro atoms. The summed E-state index contributed by atoms with van der Waals surface area (Å²) in [5.74, 6) is -3.98. The molecule has 166 valence electrons. The summed E-state index contributed by atoms with van der Waals surface area (Å²) in [6.45, 7) is 0. The first-order valence-electron chi connectivity index (χ1n) is 10.6. The van der Waals surface area contributed by atoms with Gasteiger partial charge in [-0.15, -0.1) is 0 Å². The molecule has 2 saturated heterocycles. The maximum atomic E-state index is 13.9. The summed E-state index contributed by atoms with van der Waals surface area (Å²) in [6, 6.07) is 22.7. The number of halogens is 1. The fourth-order valence-corrected chi connectivity index (χ4v) is 5.18. The number of esters is 1. The largest absolute Gasteiger partial charge is 0.468 e. The monoisotopic (exact) mass is 444 g/mol. The number of ether oxygens (including phenoxy) is 1. The number of hydrogen-bond acceptors (Lipinski definition) is 5. The van der Waals surface area contributed by atoms with Crippen LogP contribution in [0, 0.1) is 17.7 Å². The van der Waals surface area contributed by atoms with Crippen LogP contribution in [0.5, 0.6) is 0 Å². The standard InChI is InChI=1S/C26H21FN2O4/c1-33-25(32)22-20-21(24(31)29(23(20)30)19-14-12-18(27)13-15-19)26(28-22,16-8-4-2-5-9-16)17-10-6-3-7-11-17/h2-15,20-22,28H,1H3/t20-,21-,22-/m0/s1. The van der Waals surface area contributed by atoms with E-state index in [0.717, 1.165) is 16.0 Å². The quantitative estimate of drug-likeness (QED) is 0.495. The van der Waals surface area contributed by atoms with E-state index in [2.05, 4.69) is 5.32 Å². The smallest absolute Gasteiger partial charge is 0.323 e. The van der Waals surface area contributed by atoms with Crippen molar-refractivity contribution in [1.82, 2.24) is 5.32 Å². The summed E-state index contributed by atoms with van der Waals surface area (Å²) in [5.41, 5.74) is 0.618. The number of benzene rings is 3. The summed E-state index contributed by atoms with van der Waals surface area (Å²) in [6.07, 6.45) is 0. The Morgan fingerprint density at radius 3 is 1.94 bits per heavy atom. The van der Waals surface area contributed by atoms with Gasteiger partial charge in [0.2, 0.25) is 11.8 Å². The van der Waals surface area contributed by atoms with Crippen molar-refractivity contribution in [2.45, 2.75) is 11.6 Å². The number of hydrogen-bond donors (Lipinski definition) is 1. The molecule has 0 saturated carbocycles. The molecule has 5 rings (SSSR count). The zero-order valence-electron chi connectivity index (χ0n) is 17.8. The molecule has 0 radical (unpaired) electrons. The van der Waals surface area contributed by atoms with Crippen LogP contribution in [0.25, 0.3) is 0 Å². The Hall–Kier alpha value is -3.84. The van der Waals surface area contributed by atoms with Crippen molar-refractivity contribution in [2.24, 2.45) is 11.8 Å². The number of amides is 2. The van der Waals surface area contributed by atoms with Gasteiger partial charge < -0.3 is 4.74 Å². The van der Waals surface area contributed by atoms with Crippen LogP contribution in [0.4, 0.5) is 10.1 Å². The van der Waals surface area contributed by atoms with Gasteiger partial charge in [0.05, 0.1) is 30.2 Å². The summed E-state index contributed by atoms with van der Waals surface area (Å²) < 4.78 is 18.5. The van der Waals surface area contributed by atoms with E-state index in [1.807, 2.05) is 60.7 Å². The van der Waals surface area contributed by atoms with Crippen molar-refractivity contribution in [1.29, 1.82) is 0 Å². The van der Waals surface area contributed by atoms with Gasteiger partial charge in [0.15, 0.2) is 0 Å². The minimum Gasteiger partial charge on any atom is -0.468 e. The molecule has 2 amide bonds. The zero-order chi connectivity index (χ0) is 23.2. The zero-order valence-corrected chi connectivity index (χ0v) is 17.8. The molecule has 7 heteroatoms. The molecule has 0 aliphatic carbocycles. The van der Waals surface area contributed by atoms with Crippen LogP contribution in [0.2, 0.25) is 0 Å². The van der Waals surface area contributed by atoms with Gasteiger partial charge in [-0.1, -0.05) is 60.7 Å². The van der Waals surface area contributed by atoms with Crippen molar-refractivity contribution in [2.75, 3.05) is 12.0 Å². The second-order valence-corrected chi connectivity index (χ2v) is 8.18. The molecule has 0 unspecified atom stereocenters. The van der Waals surface area contributed by atoms with Crippen molar-refractivity contribution in [3.05, 3.63) is 102 Å². The van der Waals surface area contributed by atoms with E-state index >= 15 is 0 Å². The normalized spacial score (nSPS) is 23.5. The number of carbonyl (C=O) groups excluding carboxylic acids is 3. The van der Waals surface area contributed by atoms with E-state index in [9.17, 15) is 18.8 Å². The Kier molecular flexibility index (Phi) is 5.06. The van der Waals surface area contributed by atoms with Gasteiger partial charge in [0.25, 0.3) is 0 Å². The number of fused-ring (bicyclic) bond motifs is 1. The highest BCUT2D eigenvalue weighted by Gasteiger charge is 2.68. The topological polar surface area (TPSA) is 75.7 Å². The molecule has 2 heterocycles. The lowest BCUT2D eigenvalue weighted by atomic mass is 9.72. The summed E-state index contributed by atoms with van der Waals surface area (Å²) in [7, 11) is 1.25. The molecule has 0 bridgehead atoms. The third-order valence-electron chi connectivity index (χ3n) is 6.56. The Bertz CT molecular complexity index is 1170. The average molecular weight is 444 g/mol. The highest BCUT2D eigenvalue weighted by Crippen LogP contribution is 2.52. The van der Waals surface area contributed by atoms with E-state index in [4.69, 9.17) is 4.74 Å². The van der Waals surface area contributed by atoms with Gasteiger partial charge in [-0.05, 0) is 35.4 Å². The minimum atomic E-state index is -1.15. The third-order valence-corrected chi connectivity index (χ3v) is 6.56. The summed E-state index contributed by atoms with van der Waals surface area (Å²) >= 11 is 0. The van der Waals surface area contributed by atoms with Crippen LogP contribution in [0.15, 0.2) is 84.9 Å². The first-order chi connectivity index (χ1) is 16.0. The highest BCUT2D eigenvalue weighted by atomic mass is 19.1. The minimum absolute atomic E-state index is 0.263. The molecule has 2 aliphatic rings. The van der Waals surface area contributed by atoms with Gasteiger partial charge in [-0.3, -0.25) is 19.7 Å². The Morgan fingerprint density at radius 2 is 1.42 bits per heavy atom. The molecule has 33 heavy (non-hydrogen) atoms. The van der Waals surface area contributed by atoms with Crippen LogP contribution < -0.4 is 10.2 Å². The Balaban J connectivity index is 1.74. The molecule has 3 aromatic carbocycles. The second kappa shape index (κ2) is 7.94. The first-order valence-corrected chi connectivity index (χ1v) is 10.6. The molecule has 3 aromatic rings. The van der Waals surface area contributed by atoms with Crippen LogP contribution in [0.3, 0.4) is 0 Å². The van der Waals surface area contributed by atoms with Gasteiger partial charge in [0.1, 0.15) is 11.9 Å². The van der Waals surface area contributed by atoms with Gasteiger partial charge in [0, 0.05) is 0 Å². The van der Waals surface area contributed by atoms with E-state index < -0.39 is 47.0 Å². The molecule has 3 atom stereocenters. The highest BCUT2D eigenvalue weighted by molar-refractivity contribution is 6.24. The van der Waals surface area contributed by atoms with Crippen molar-refractivity contribution < 1.29 is 23.5 Å². The molecular weight excluding hydrogens is 423 g/mol. The first kappa shape index (κ1) is 21.0. The number of imide groups is 1. The summed E-state index contributed by atoms with van der Waals surface area (Å²) in [5, 5.41) is 3.33. The molecule has 1 N–H and O–H groups in total. The summed E-state index contributed by atoms with van der Waals surface area (Å²) in [4.78, 5) is 41.4. The molecule has 2 aliphatic heterocycles. The van der Waals surface area contributed by atoms with Crippen LogP contribution in [0.1, 0.15) is 11.1 Å².